The predicted octanol–water partition coefficient (Wildman–Crippen LogP) is 0.633. The molecule has 0 spiro atoms. The molecule has 0 radical (unpaired) electrons. The summed E-state index contributed by atoms with van der Waals surface area (Å²) >= 11 is 0. The van der Waals surface area contributed by atoms with E-state index in [0.717, 1.165) is 32.4 Å². The molecule has 1 N–H and O–H groups in total. The molecule has 0 aromatic heterocycles. The number of nitro groups is 1. The molecule has 7 nitrogen and oxygen atoms in total. The maximum absolute atomic E-state index is 12.2. The van der Waals surface area contributed by atoms with Gasteiger partial charge in [-0.25, -0.2) is 5.32 Å². The summed E-state index contributed by atoms with van der Waals surface area (Å²) in [6, 6.07) is 0. The van der Waals surface area contributed by atoms with Crippen LogP contribution < -0.4 is 5.32 Å². The van der Waals surface area contributed by atoms with Crippen molar-refractivity contribution in [2.24, 2.45) is 5.92 Å². The zero-order chi connectivity index (χ0) is 14.8. The summed E-state index contributed by atoms with van der Waals surface area (Å²) in [5.74, 6) is 0.664. The van der Waals surface area contributed by atoms with Gasteiger partial charge in [-0.15, -0.1) is 0 Å². The Morgan fingerprint density at radius 3 is 2.71 bits per heavy atom. The summed E-state index contributed by atoms with van der Waals surface area (Å²) in [5, 5.41) is 14.0. The van der Waals surface area contributed by atoms with Crippen molar-refractivity contribution in [2.75, 3.05) is 26.2 Å². The van der Waals surface area contributed by atoms with Crippen molar-refractivity contribution in [3.05, 3.63) is 10.1 Å². The second-order valence-electron chi connectivity index (χ2n) is 6.52. The van der Waals surface area contributed by atoms with Crippen molar-refractivity contribution in [1.29, 1.82) is 0 Å². The van der Waals surface area contributed by atoms with E-state index < -0.39 is 6.17 Å². The molecule has 3 aliphatic rings. The average molecular weight is 296 g/mol. The summed E-state index contributed by atoms with van der Waals surface area (Å²) in [6.45, 7) is 4.16. The number of likely N-dealkylation sites (tertiary alicyclic amines) is 2. The van der Waals surface area contributed by atoms with Gasteiger partial charge in [0.1, 0.15) is 0 Å². The zero-order valence-electron chi connectivity index (χ0n) is 12.4. The van der Waals surface area contributed by atoms with Crippen LogP contribution in [0.5, 0.6) is 0 Å². The fourth-order valence-corrected chi connectivity index (χ4v) is 3.63. The van der Waals surface area contributed by atoms with Crippen LogP contribution in [0.2, 0.25) is 0 Å². The molecule has 3 unspecified atom stereocenters. The van der Waals surface area contributed by atoms with Gasteiger partial charge in [-0.3, -0.25) is 14.9 Å². The molecule has 3 atom stereocenters. The molecule has 3 rings (SSSR count). The minimum Gasteiger partial charge on any atom is -0.327 e. The van der Waals surface area contributed by atoms with Crippen LogP contribution in [-0.4, -0.2) is 59.1 Å². The highest BCUT2D eigenvalue weighted by molar-refractivity contribution is 5.77. The Kier molecular flexibility index (Phi) is 4.40. The Labute approximate surface area is 124 Å². The van der Waals surface area contributed by atoms with Crippen LogP contribution >= 0.6 is 0 Å². The fourth-order valence-electron chi connectivity index (χ4n) is 3.63. The lowest BCUT2D eigenvalue weighted by Gasteiger charge is -2.43. The minimum absolute atomic E-state index is 0.149. The van der Waals surface area contributed by atoms with Gasteiger partial charge >= 0.3 is 0 Å². The van der Waals surface area contributed by atoms with E-state index in [1.807, 2.05) is 4.90 Å². The molecule has 7 heteroatoms. The van der Waals surface area contributed by atoms with Crippen molar-refractivity contribution < 1.29 is 9.72 Å². The minimum atomic E-state index is -0.702. The quantitative estimate of drug-likeness (QED) is 0.608. The van der Waals surface area contributed by atoms with E-state index in [9.17, 15) is 14.9 Å². The van der Waals surface area contributed by atoms with Gasteiger partial charge in [0.2, 0.25) is 5.91 Å². The number of nitrogens with zero attached hydrogens (tertiary/aromatic N) is 3. The third-order valence-electron chi connectivity index (χ3n) is 4.98. The lowest BCUT2D eigenvalue weighted by atomic mass is 9.94. The third kappa shape index (κ3) is 3.35. The lowest BCUT2D eigenvalue weighted by molar-refractivity contribution is -0.534. The lowest BCUT2D eigenvalue weighted by Crippen LogP contribution is -2.59. The molecule has 0 aliphatic carbocycles. The van der Waals surface area contributed by atoms with Crippen LogP contribution in [0.25, 0.3) is 0 Å². The van der Waals surface area contributed by atoms with Gasteiger partial charge in [-0.2, -0.15) is 0 Å². The number of rotatable bonds is 4. The Bertz CT molecular complexity index is 413. The highest BCUT2D eigenvalue weighted by Gasteiger charge is 2.37. The van der Waals surface area contributed by atoms with E-state index in [1.165, 1.54) is 19.5 Å². The molecule has 1 amide bonds. The summed E-state index contributed by atoms with van der Waals surface area (Å²) in [4.78, 5) is 27.2. The highest BCUT2D eigenvalue weighted by atomic mass is 16.6. The van der Waals surface area contributed by atoms with Gasteiger partial charge in [0.15, 0.2) is 0 Å². The number of piperidine rings is 2. The molecular weight excluding hydrogens is 272 g/mol. The third-order valence-corrected chi connectivity index (χ3v) is 4.98. The van der Waals surface area contributed by atoms with Crippen LogP contribution in [0.4, 0.5) is 0 Å². The molecule has 118 valence electrons. The molecule has 0 aromatic carbocycles. The van der Waals surface area contributed by atoms with E-state index >= 15 is 0 Å². The Morgan fingerprint density at radius 2 is 2.05 bits per heavy atom. The van der Waals surface area contributed by atoms with Gasteiger partial charge in [0, 0.05) is 30.9 Å². The molecule has 0 aromatic rings. The molecule has 3 saturated heterocycles. The van der Waals surface area contributed by atoms with E-state index in [4.69, 9.17) is 0 Å². The molecule has 3 fully saturated rings. The first-order chi connectivity index (χ1) is 10.1. The zero-order valence-corrected chi connectivity index (χ0v) is 12.4. The monoisotopic (exact) mass is 296 g/mol. The molecule has 0 bridgehead atoms. The Morgan fingerprint density at radius 1 is 1.24 bits per heavy atom. The molecule has 3 aliphatic heterocycles. The molecule has 3 heterocycles. The van der Waals surface area contributed by atoms with Crippen molar-refractivity contribution in [3.63, 3.8) is 0 Å². The normalized spacial score (nSPS) is 34.6. The number of carbonyl (C=O) groups excluding carboxylic acids is 1. The molecule has 0 saturated carbocycles. The summed E-state index contributed by atoms with van der Waals surface area (Å²) < 4.78 is 0. The van der Waals surface area contributed by atoms with Gasteiger partial charge in [-0.1, -0.05) is 0 Å². The smallest absolute Gasteiger partial charge is 0.267 e. The van der Waals surface area contributed by atoms with Crippen LogP contribution in [0.1, 0.15) is 38.5 Å². The van der Waals surface area contributed by atoms with Gasteiger partial charge < -0.3 is 9.80 Å². The first-order valence-corrected chi connectivity index (χ1v) is 8.05. The standard InChI is InChI=1S/C14H24N4O3/c19-14-6-5-11(9-16-7-2-8-16)10-17(14)12-3-1-4-13(15-12)18(20)21/h11-13,15H,1-10H2. The number of carbonyl (C=O) groups is 1. The van der Waals surface area contributed by atoms with Gasteiger partial charge in [0.25, 0.3) is 6.17 Å². The number of nitrogens with one attached hydrogen (secondary N) is 1. The van der Waals surface area contributed by atoms with E-state index in [2.05, 4.69) is 10.2 Å². The number of hydrogen-bond donors (Lipinski definition) is 1. The first kappa shape index (κ1) is 14.7. The van der Waals surface area contributed by atoms with Gasteiger partial charge in [0.05, 0.1) is 6.17 Å². The van der Waals surface area contributed by atoms with Crippen molar-refractivity contribution in [1.82, 2.24) is 15.1 Å². The molecule has 21 heavy (non-hydrogen) atoms. The maximum Gasteiger partial charge on any atom is 0.267 e. The molecular formula is C14H24N4O3. The van der Waals surface area contributed by atoms with Gasteiger partial charge in [-0.05, 0) is 44.7 Å². The van der Waals surface area contributed by atoms with Crippen molar-refractivity contribution in [3.8, 4) is 0 Å². The van der Waals surface area contributed by atoms with E-state index in [1.54, 1.807) is 0 Å². The van der Waals surface area contributed by atoms with E-state index in [0.29, 0.717) is 18.8 Å². The summed E-state index contributed by atoms with van der Waals surface area (Å²) in [5.41, 5.74) is 0. The topological polar surface area (TPSA) is 78.7 Å². The van der Waals surface area contributed by atoms with Crippen LogP contribution in [0.15, 0.2) is 0 Å². The number of amides is 1. The SMILES string of the molecule is O=C1CCC(CN2CCC2)CN1C1CCCC([N+](=O)[O-])N1. The van der Waals surface area contributed by atoms with Crippen molar-refractivity contribution >= 4 is 5.91 Å². The second-order valence-corrected chi connectivity index (χ2v) is 6.52. The fraction of sp³-hybridized carbons (Fsp3) is 0.929. The Balaban J connectivity index is 1.58. The maximum atomic E-state index is 12.2. The predicted molar refractivity (Wildman–Crippen MR) is 77.1 cm³/mol. The Hall–Kier alpha value is -1.21. The summed E-state index contributed by atoms with van der Waals surface area (Å²) in [6.07, 6.45) is 4.16. The second kappa shape index (κ2) is 6.27. The van der Waals surface area contributed by atoms with Crippen LogP contribution in [0, 0.1) is 16.0 Å². The highest BCUT2D eigenvalue weighted by Crippen LogP contribution is 2.25. The average Bonchev–Trinajstić information content (AvgIpc) is 2.44. The van der Waals surface area contributed by atoms with Crippen molar-refractivity contribution in [2.45, 2.75) is 50.9 Å². The van der Waals surface area contributed by atoms with Crippen LogP contribution in [0.3, 0.4) is 0 Å². The van der Waals surface area contributed by atoms with E-state index in [-0.39, 0.29) is 17.0 Å². The van der Waals surface area contributed by atoms with Crippen LogP contribution in [-0.2, 0) is 4.79 Å². The summed E-state index contributed by atoms with van der Waals surface area (Å²) in [7, 11) is 0. The first-order valence-electron chi connectivity index (χ1n) is 8.05. The largest absolute Gasteiger partial charge is 0.327 e. The number of hydrogen-bond acceptors (Lipinski definition) is 5.